The standard InChI is InChI=1S/C12H17NO4/c1-15-10-6-11(14)12(16-7-10)17-9-4-2-8(13)3-5-9/h2-5,10-12,14H,6-7,13H2,1H3/t10-,11-,12+/m0/s1. The molecule has 1 heterocycles. The average Bonchev–Trinajstić information content (AvgIpc) is 2.34. The maximum absolute atomic E-state index is 9.83. The van der Waals surface area contributed by atoms with E-state index in [1.54, 1.807) is 31.4 Å². The van der Waals surface area contributed by atoms with Crippen LogP contribution in [0.3, 0.4) is 0 Å². The second-order valence-electron chi connectivity index (χ2n) is 4.05. The van der Waals surface area contributed by atoms with Crippen molar-refractivity contribution in [3.05, 3.63) is 24.3 Å². The van der Waals surface area contributed by atoms with Crippen LogP contribution in [0.25, 0.3) is 0 Å². The minimum Gasteiger partial charge on any atom is -0.462 e. The van der Waals surface area contributed by atoms with Crippen LogP contribution in [-0.2, 0) is 9.47 Å². The molecular formula is C12H17NO4. The predicted molar refractivity (Wildman–Crippen MR) is 62.6 cm³/mol. The molecule has 0 spiro atoms. The molecule has 3 N–H and O–H groups in total. The zero-order valence-corrected chi connectivity index (χ0v) is 9.70. The number of rotatable bonds is 3. The van der Waals surface area contributed by atoms with Gasteiger partial charge in [-0.05, 0) is 24.3 Å². The van der Waals surface area contributed by atoms with Gasteiger partial charge in [-0.2, -0.15) is 0 Å². The fourth-order valence-corrected chi connectivity index (χ4v) is 1.72. The summed E-state index contributed by atoms with van der Waals surface area (Å²) in [7, 11) is 1.60. The van der Waals surface area contributed by atoms with Gasteiger partial charge in [-0.15, -0.1) is 0 Å². The van der Waals surface area contributed by atoms with Crippen LogP contribution in [0.1, 0.15) is 6.42 Å². The lowest BCUT2D eigenvalue weighted by Crippen LogP contribution is -2.44. The number of methoxy groups -OCH3 is 1. The van der Waals surface area contributed by atoms with Crippen molar-refractivity contribution in [3.63, 3.8) is 0 Å². The summed E-state index contributed by atoms with van der Waals surface area (Å²) in [6.07, 6.45) is -0.900. The van der Waals surface area contributed by atoms with E-state index in [-0.39, 0.29) is 6.10 Å². The van der Waals surface area contributed by atoms with Crippen molar-refractivity contribution in [3.8, 4) is 5.75 Å². The molecule has 1 aromatic carbocycles. The van der Waals surface area contributed by atoms with Crippen LogP contribution >= 0.6 is 0 Å². The number of aliphatic hydroxyl groups excluding tert-OH is 1. The highest BCUT2D eigenvalue weighted by atomic mass is 16.7. The number of nitrogen functional groups attached to an aromatic ring is 1. The van der Waals surface area contributed by atoms with E-state index in [1.165, 1.54) is 0 Å². The molecule has 0 radical (unpaired) electrons. The Balaban J connectivity index is 1.93. The van der Waals surface area contributed by atoms with E-state index in [1.807, 2.05) is 0 Å². The number of aliphatic hydroxyl groups is 1. The first-order valence-corrected chi connectivity index (χ1v) is 5.53. The van der Waals surface area contributed by atoms with Crippen molar-refractivity contribution >= 4 is 5.69 Å². The first kappa shape index (κ1) is 12.2. The Labute approximate surface area is 100 Å². The second kappa shape index (κ2) is 5.35. The molecule has 0 saturated carbocycles. The van der Waals surface area contributed by atoms with Gasteiger partial charge >= 0.3 is 0 Å². The van der Waals surface area contributed by atoms with Gasteiger partial charge in [-0.3, -0.25) is 0 Å². The predicted octanol–water partition coefficient (Wildman–Crippen LogP) is 0.770. The third kappa shape index (κ3) is 3.09. The number of anilines is 1. The molecule has 0 bridgehead atoms. The van der Waals surface area contributed by atoms with Gasteiger partial charge in [0.05, 0.1) is 12.7 Å². The van der Waals surface area contributed by atoms with Gasteiger partial charge < -0.3 is 25.1 Å². The Kier molecular flexibility index (Phi) is 3.83. The fraction of sp³-hybridized carbons (Fsp3) is 0.500. The first-order chi connectivity index (χ1) is 8.19. The van der Waals surface area contributed by atoms with Gasteiger partial charge in [0, 0.05) is 19.2 Å². The van der Waals surface area contributed by atoms with Crippen LogP contribution in [0.5, 0.6) is 5.75 Å². The summed E-state index contributed by atoms with van der Waals surface area (Å²) >= 11 is 0. The van der Waals surface area contributed by atoms with Gasteiger partial charge in [0.1, 0.15) is 11.9 Å². The molecule has 2 rings (SSSR count). The largest absolute Gasteiger partial charge is 0.462 e. The van der Waals surface area contributed by atoms with Crippen LogP contribution in [-0.4, -0.2) is 37.3 Å². The van der Waals surface area contributed by atoms with E-state index in [0.717, 1.165) is 0 Å². The van der Waals surface area contributed by atoms with Gasteiger partial charge in [0.2, 0.25) is 6.29 Å². The number of benzene rings is 1. The molecule has 0 amide bonds. The highest BCUT2D eigenvalue weighted by molar-refractivity contribution is 5.41. The molecule has 0 aliphatic carbocycles. The van der Waals surface area contributed by atoms with Crippen LogP contribution in [0.4, 0.5) is 5.69 Å². The molecule has 1 aromatic rings. The summed E-state index contributed by atoms with van der Waals surface area (Å²) in [5.41, 5.74) is 6.24. The molecule has 0 aromatic heterocycles. The maximum atomic E-state index is 9.83. The number of hydrogen-bond donors (Lipinski definition) is 2. The number of ether oxygens (including phenoxy) is 3. The Morgan fingerprint density at radius 1 is 1.35 bits per heavy atom. The highest BCUT2D eigenvalue weighted by Crippen LogP contribution is 2.21. The first-order valence-electron chi connectivity index (χ1n) is 5.53. The molecule has 1 aliphatic heterocycles. The van der Waals surface area contributed by atoms with Crippen LogP contribution in [0.15, 0.2) is 24.3 Å². The van der Waals surface area contributed by atoms with E-state index in [0.29, 0.717) is 24.5 Å². The Morgan fingerprint density at radius 3 is 2.65 bits per heavy atom. The smallest absolute Gasteiger partial charge is 0.226 e. The summed E-state index contributed by atoms with van der Waals surface area (Å²) in [5.74, 6) is 0.624. The van der Waals surface area contributed by atoms with E-state index >= 15 is 0 Å². The average molecular weight is 239 g/mol. The molecule has 1 aliphatic rings. The minimum atomic E-state index is -0.689. The van der Waals surface area contributed by atoms with Crippen LogP contribution in [0, 0.1) is 0 Å². The lowest BCUT2D eigenvalue weighted by Gasteiger charge is -2.32. The number of nitrogens with two attached hydrogens (primary N) is 1. The van der Waals surface area contributed by atoms with Crippen molar-refractivity contribution < 1.29 is 19.3 Å². The van der Waals surface area contributed by atoms with Crippen LogP contribution < -0.4 is 10.5 Å². The van der Waals surface area contributed by atoms with Crippen molar-refractivity contribution in [2.45, 2.75) is 24.9 Å². The SMILES string of the molecule is CO[C@@H]1CO[C@H](Oc2ccc(N)cc2)[C@@H](O)C1. The van der Waals surface area contributed by atoms with Gasteiger partial charge in [0.25, 0.3) is 0 Å². The molecule has 5 nitrogen and oxygen atoms in total. The summed E-state index contributed by atoms with van der Waals surface area (Å²) < 4.78 is 16.1. The second-order valence-corrected chi connectivity index (χ2v) is 4.05. The molecule has 94 valence electrons. The van der Waals surface area contributed by atoms with Crippen LogP contribution in [0.2, 0.25) is 0 Å². The molecular weight excluding hydrogens is 222 g/mol. The zero-order valence-electron chi connectivity index (χ0n) is 9.70. The maximum Gasteiger partial charge on any atom is 0.226 e. The zero-order chi connectivity index (χ0) is 12.3. The van der Waals surface area contributed by atoms with E-state index in [9.17, 15) is 5.11 Å². The third-order valence-electron chi connectivity index (χ3n) is 2.73. The summed E-state index contributed by atoms with van der Waals surface area (Å²) in [4.78, 5) is 0. The summed E-state index contributed by atoms with van der Waals surface area (Å²) in [5, 5.41) is 9.83. The quantitative estimate of drug-likeness (QED) is 0.762. The van der Waals surface area contributed by atoms with Crippen molar-refractivity contribution in [2.75, 3.05) is 19.5 Å². The van der Waals surface area contributed by atoms with E-state index in [2.05, 4.69) is 0 Å². The molecule has 3 atom stereocenters. The molecule has 0 unspecified atom stereocenters. The normalized spacial score (nSPS) is 28.9. The monoisotopic (exact) mass is 239 g/mol. The number of hydrogen-bond acceptors (Lipinski definition) is 5. The van der Waals surface area contributed by atoms with E-state index < -0.39 is 12.4 Å². The van der Waals surface area contributed by atoms with Gasteiger partial charge in [0.15, 0.2) is 0 Å². The lowest BCUT2D eigenvalue weighted by molar-refractivity contribution is -0.203. The fourth-order valence-electron chi connectivity index (χ4n) is 1.72. The molecule has 1 fully saturated rings. The molecule has 5 heteroatoms. The lowest BCUT2D eigenvalue weighted by atomic mass is 10.1. The van der Waals surface area contributed by atoms with Crippen molar-refractivity contribution in [1.82, 2.24) is 0 Å². The van der Waals surface area contributed by atoms with Gasteiger partial charge in [-0.1, -0.05) is 0 Å². The summed E-state index contributed by atoms with van der Waals surface area (Å²) in [6.45, 7) is 0.424. The minimum absolute atomic E-state index is 0.0729. The van der Waals surface area contributed by atoms with Gasteiger partial charge in [-0.25, -0.2) is 0 Å². The van der Waals surface area contributed by atoms with Crippen molar-refractivity contribution in [1.29, 1.82) is 0 Å². The van der Waals surface area contributed by atoms with E-state index in [4.69, 9.17) is 19.9 Å². The topological polar surface area (TPSA) is 73.9 Å². The Morgan fingerprint density at radius 2 is 2.06 bits per heavy atom. The highest BCUT2D eigenvalue weighted by Gasteiger charge is 2.31. The van der Waals surface area contributed by atoms with Crippen molar-refractivity contribution in [2.24, 2.45) is 0 Å². The molecule has 17 heavy (non-hydrogen) atoms. The Bertz CT molecular complexity index is 354. The summed E-state index contributed by atoms with van der Waals surface area (Å²) in [6, 6.07) is 6.96. The Hall–Kier alpha value is -1.30. The molecule has 1 saturated heterocycles. The third-order valence-corrected chi connectivity index (χ3v) is 2.73.